The molecule has 0 N–H and O–H groups in total. The van der Waals surface area contributed by atoms with Crippen molar-refractivity contribution in [2.24, 2.45) is 0 Å². The molecule has 1 aromatic carbocycles. The Hall–Kier alpha value is 0.418. The van der Waals surface area contributed by atoms with Crippen molar-refractivity contribution < 1.29 is 0 Å². The number of halogens is 1. The average molecular weight is 250 g/mol. The third-order valence-corrected chi connectivity index (χ3v) is 13.8. The molecule has 1 radical (unpaired) electrons. The van der Waals surface area contributed by atoms with Gasteiger partial charge in [0.15, 0.2) is 0 Å². The van der Waals surface area contributed by atoms with Crippen LogP contribution in [0.2, 0.25) is 11.4 Å². The zero-order chi connectivity index (χ0) is 8.32. The molecule has 0 fully saturated rings. The van der Waals surface area contributed by atoms with Crippen LogP contribution in [-0.2, 0) is 0 Å². The maximum absolute atomic E-state index is 5.82. The van der Waals surface area contributed by atoms with Gasteiger partial charge in [0, 0.05) is 0 Å². The summed E-state index contributed by atoms with van der Waals surface area (Å²) < 4.78 is 1.44. The Morgan fingerprint density at radius 3 is 2.18 bits per heavy atom. The van der Waals surface area contributed by atoms with E-state index in [-0.39, 0.29) is 0 Å². The Morgan fingerprint density at radius 2 is 1.73 bits per heavy atom. The van der Waals surface area contributed by atoms with Gasteiger partial charge >= 0.3 is 78.4 Å². The normalized spacial score (nSPS) is 11.5. The topological polar surface area (TPSA) is 0 Å². The first kappa shape index (κ1) is 9.51. The summed E-state index contributed by atoms with van der Waals surface area (Å²) in [5, 5.41) is 0. The van der Waals surface area contributed by atoms with Crippen molar-refractivity contribution in [3.05, 3.63) is 30.3 Å². The van der Waals surface area contributed by atoms with Crippen LogP contribution < -0.4 is 4.35 Å². The minimum absolute atomic E-state index is 1.44. The summed E-state index contributed by atoms with van der Waals surface area (Å²) in [6, 6.07) is 10.5. The van der Waals surface area contributed by atoms with E-state index in [0.29, 0.717) is 0 Å². The van der Waals surface area contributed by atoms with Crippen LogP contribution in [0.3, 0.4) is 0 Å². The molecule has 0 aromatic heterocycles. The fraction of sp³-hybridized carbons (Fsp3) is 0.250. The van der Waals surface area contributed by atoms with Crippen LogP contribution in [0.25, 0.3) is 0 Å². The van der Waals surface area contributed by atoms with E-state index in [9.17, 15) is 0 Å². The summed E-state index contributed by atoms with van der Waals surface area (Å²) in [6.45, 7) is 0. The molecule has 0 atom stereocenters. The summed E-state index contributed by atoms with van der Waals surface area (Å²) >= 11 is -1.70. The molecule has 0 nitrogen and oxygen atoms in total. The Morgan fingerprint density at radius 1 is 1.18 bits per heavy atom. The van der Waals surface area contributed by atoms with Crippen LogP contribution in [0.4, 0.5) is 0 Å². The standard InChI is InChI=1S/C8H11AsClS/c1-9(2,11-10)8-6-4-3-5-7-8/h3-7H,1-2H3. The molecule has 0 heterocycles. The zero-order valence-electron chi connectivity index (χ0n) is 6.62. The van der Waals surface area contributed by atoms with Crippen molar-refractivity contribution in [3.8, 4) is 0 Å². The molecule has 11 heavy (non-hydrogen) atoms. The molecule has 0 saturated carbocycles. The van der Waals surface area contributed by atoms with Crippen LogP contribution in [0.1, 0.15) is 0 Å². The molecular weight excluding hydrogens is 239 g/mol. The molecule has 0 saturated heterocycles. The second-order valence-electron chi connectivity index (χ2n) is 2.76. The monoisotopic (exact) mass is 249 g/mol. The second-order valence-corrected chi connectivity index (χ2v) is 17.4. The van der Waals surface area contributed by atoms with E-state index in [2.05, 4.69) is 35.7 Å². The first-order valence-electron chi connectivity index (χ1n) is 3.37. The van der Waals surface area contributed by atoms with Gasteiger partial charge in [0.2, 0.25) is 0 Å². The number of hydrogen-bond donors (Lipinski definition) is 0. The van der Waals surface area contributed by atoms with Crippen LogP contribution in [0.15, 0.2) is 30.3 Å². The van der Waals surface area contributed by atoms with Gasteiger partial charge in [-0.1, -0.05) is 0 Å². The van der Waals surface area contributed by atoms with Crippen molar-refractivity contribution in [1.29, 1.82) is 0 Å². The fourth-order valence-corrected chi connectivity index (χ4v) is 5.15. The van der Waals surface area contributed by atoms with Crippen LogP contribution in [-0.4, -0.2) is 12.4 Å². The predicted molar refractivity (Wildman–Crippen MR) is 57.0 cm³/mol. The summed E-state index contributed by atoms with van der Waals surface area (Å²) in [7, 11) is 7.35. The van der Waals surface area contributed by atoms with Gasteiger partial charge in [-0.25, -0.2) is 0 Å². The Kier molecular flexibility index (Phi) is 3.36. The number of benzene rings is 1. The van der Waals surface area contributed by atoms with E-state index in [1.807, 2.05) is 6.07 Å². The van der Waals surface area contributed by atoms with Gasteiger partial charge in [-0.2, -0.15) is 0 Å². The predicted octanol–water partition coefficient (Wildman–Crippen LogP) is 2.99. The summed E-state index contributed by atoms with van der Waals surface area (Å²) in [6.07, 6.45) is 0. The summed E-state index contributed by atoms with van der Waals surface area (Å²) in [4.78, 5) is 0. The van der Waals surface area contributed by atoms with E-state index < -0.39 is 12.4 Å². The zero-order valence-corrected chi connectivity index (χ0v) is 10.1. The van der Waals surface area contributed by atoms with Gasteiger partial charge in [-0.3, -0.25) is 0 Å². The van der Waals surface area contributed by atoms with Crippen molar-refractivity contribution >= 4 is 36.7 Å². The molecule has 3 heteroatoms. The van der Waals surface area contributed by atoms with E-state index in [1.165, 1.54) is 13.6 Å². The molecule has 0 aliphatic rings. The van der Waals surface area contributed by atoms with E-state index in [1.54, 1.807) is 0 Å². The minimum atomic E-state index is -1.70. The summed E-state index contributed by atoms with van der Waals surface area (Å²) in [5.74, 6) is 0. The molecule has 1 rings (SSSR count). The third-order valence-electron chi connectivity index (χ3n) is 1.55. The van der Waals surface area contributed by atoms with Crippen molar-refractivity contribution in [2.45, 2.75) is 11.4 Å². The van der Waals surface area contributed by atoms with Crippen LogP contribution >= 0.6 is 19.9 Å². The molecule has 0 unspecified atom stereocenters. The quantitative estimate of drug-likeness (QED) is 0.726. The van der Waals surface area contributed by atoms with Crippen LogP contribution in [0.5, 0.6) is 0 Å². The van der Waals surface area contributed by atoms with Gasteiger partial charge in [0.05, 0.1) is 0 Å². The first-order chi connectivity index (χ1) is 5.17. The molecule has 61 valence electrons. The van der Waals surface area contributed by atoms with Gasteiger partial charge in [-0.15, -0.1) is 0 Å². The molecule has 0 amide bonds. The third kappa shape index (κ3) is 2.43. The van der Waals surface area contributed by atoms with Crippen molar-refractivity contribution in [3.63, 3.8) is 0 Å². The molecule has 1 aromatic rings. The van der Waals surface area contributed by atoms with Gasteiger partial charge in [0.1, 0.15) is 0 Å². The van der Waals surface area contributed by atoms with Crippen molar-refractivity contribution in [2.75, 3.05) is 0 Å². The average Bonchev–Trinajstić information content (AvgIpc) is 2.06. The van der Waals surface area contributed by atoms with E-state index in [0.717, 1.165) is 0 Å². The Labute approximate surface area is 78.3 Å². The first-order valence-corrected chi connectivity index (χ1v) is 12.0. The number of hydrogen-bond acceptors (Lipinski definition) is 1. The molecule has 0 aliphatic carbocycles. The maximum atomic E-state index is 5.82. The van der Waals surface area contributed by atoms with Gasteiger partial charge in [-0.05, 0) is 0 Å². The molecule has 0 aliphatic heterocycles. The van der Waals surface area contributed by atoms with E-state index >= 15 is 0 Å². The fourth-order valence-electron chi connectivity index (χ4n) is 0.827. The Balaban J connectivity index is 2.93. The summed E-state index contributed by atoms with van der Waals surface area (Å²) in [5.41, 5.74) is 4.57. The molecule has 0 bridgehead atoms. The SMILES string of the molecule is C[As](C)(SCl)c1ccccc1. The molecular formula is C8H11AsClS. The van der Waals surface area contributed by atoms with Gasteiger partial charge < -0.3 is 0 Å². The number of rotatable bonds is 2. The second kappa shape index (κ2) is 3.89. The van der Waals surface area contributed by atoms with E-state index in [4.69, 9.17) is 10.7 Å². The molecule has 0 spiro atoms. The van der Waals surface area contributed by atoms with Gasteiger partial charge in [0.25, 0.3) is 0 Å². The Bertz CT molecular complexity index is 223. The van der Waals surface area contributed by atoms with Crippen LogP contribution in [0, 0.1) is 0 Å². The van der Waals surface area contributed by atoms with Crippen molar-refractivity contribution in [1.82, 2.24) is 0 Å².